The minimum absolute atomic E-state index is 0.106. The highest BCUT2D eigenvalue weighted by atomic mass is 16.5. The van der Waals surface area contributed by atoms with Crippen molar-refractivity contribution in [2.45, 2.75) is 18.5 Å². The number of benzene rings is 1. The number of Topliss-reactive ketones (excluding diaryl/α,β-unsaturated/α-hetero) is 1. The number of carbonyl (C=O) groups excluding carboxylic acids is 2. The predicted octanol–water partition coefficient (Wildman–Crippen LogP) is 2.33. The summed E-state index contributed by atoms with van der Waals surface area (Å²) in [5, 5.41) is 0. The molecule has 0 N–H and O–H groups in total. The summed E-state index contributed by atoms with van der Waals surface area (Å²) in [6.07, 6.45) is 0.967. The number of nitrogens with zero attached hydrogens (tertiary/aromatic N) is 1. The molecule has 6 saturated carbocycles. The summed E-state index contributed by atoms with van der Waals surface area (Å²) < 4.78 is 5.12. The highest BCUT2D eigenvalue weighted by molar-refractivity contribution is 5.97. The first-order valence-electron chi connectivity index (χ1n) is 8.64. The molecule has 6 aliphatic rings. The summed E-state index contributed by atoms with van der Waals surface area (Å²) in [6.45, 7) is 0.557. The maximum absolute atomic E-state index is 12.8. The number of rotatable bonds is 3. The van der Waals surface area contributed by atoms with Gasteiger partial charge in [-0.05, 0) is 41.6 Å². The fourth-order valence-electron chi connectivity index (χ4n) is 7.68. The molecule has 6 fully saturated rings. The Kier molecular flexibility index (Phi) is 1.98. The maximum Gasteiger partial charge on any atom is 0.410 e. The topological polar surface area (TPSA) is 46.6 Å². The molecule has 4 heteroatoms. The van der Waals surface area contributed by atoms with Crippen molar-refractivity contribution in [3.05, 3.63) is 35.9 Å². The Morgan fingerprint density at radius 3 is 2.74 bits per heavy atom. The maximum atomic E-state index is 12.8. The van der Waals surface area contributed by atoms with E-state index in [0.717, 1.165) is 5.56 Å². The average molecular weight is 309 g/mol. The predicted molar refractivity (Wildman–Crippen MR) is 81.2 cm³/mol. The van der Waals surface area contributed by atoms with Crippen LogP contribution >= 0.6 is 0 Å². The molecule has 4 nitrogen and oxygen atoms in total. The molecular weight excluding hydrogens is 290 g/mol. The molecule has 0 heterocycles. The number of hydrogen-bond donors (Lipinski definition) is 0. The van der Waals surface area contributed by atoms with E-state index in [9.17, 15) is 9.59 Å². The largest absolute Gasteiger partial charge is 0.453 e. The lowest BCUT2D eigenvalue weighted by atomic mass is 9.35. The molecule has 23 heavy (non-hydrogen) atoms. The first kappa shape index (κ1) is 12.6. The summed E-state index contributed by atoms with van der Waals surface area (Å²) >= 11 is 0. The van der Waals surface area contributed by atoms with Crippen LogP contribution < -0.4 is 0 Å². The Morgan fingerprint density at radius 2 is 2.04 bits per heavy atom. The van der Waals surface area contributed by atoms with Crippen LogP contribution in [0.2, 0.25) is 0 Å². The third-order valence-corrected chi connectivity index (χ3v) is 7.86. The Balaban J connectivity index is 1.43. The van der Waals surface area contributed by atoms with Gasteiger partial charge in [-0.15, -0.1) is 0 Å². The Hall–Kier alpha value is -1.84. The molecule has 1 amide bonds. The minimum Gasteiger partial charge on any atom is -0.453 e. The Morgan fingerprint density at radius 1 is 1.26 bits per heavy atom. The molecule has 0 unspecified atom stereocenters. The summed E-state index contributed by atoms with van der Waals surface area (Å²) in [5.41, 5.74) is 0.908. The van der Waals surface area contributed by atoms with E-state index in [0.29, 0.717) is 41.9 Å². The van der Waals surface area contributed by atoms with Crippen LogP contribution in [0.3, 0.4) is 0 Å². The lowest BCUT2D eigenvalue weighted by Crippen LogP contribution is -2.82. The van der Waals surface area contributed by atoms with Gasteiger partial charge in [-0.2, -0.15) is 0 Å². The van der Waals surface area contributed by atoms with E-state index in [4.69, 9.17) is 4.74 Å². The van der Waals surface area contributed by atoms with Crippen LogP contribution in [0, 0.1) is 41.4 Å². The SMILES string of the molecule is COC(=O)N(Cc1ccccc1)[C@@]12[C@@H]3[C@H]4C[C@H]5[C@@H](C(=O)[C@H]1[C@@H]53)[C@H]42. The molecule has 8 atom stereocenters. The van der Waals surface area contributed by atoms with Gasteiger partial charge in [0.2, 0.25) is 0 Å². The van der Waals surface area contributed by atoms with Gasteiger partial charge in [0.1, 0.15) is 5.78 Å². The quantitative estimate of drug-likeness (QED) is 0.861. The first-order valence-corrected chi connectivity index (χ1v) is 8.64. The fraction of sp³-hybridized carbons (Fsp3) is 0.579. The first-order chi connectivity index (χ1) is 11.2. The van der Waals surface area contributed by atoms with Crippen molar-refractivity contribution in [3.8, 4) is 0 Å². The molecule has 6 aliphatic carbocycles. The van der Waals surface area contributed by atoms with Crippen molar-refractivity contribution in [2.24, 2.45) is 41.4 Å². The molecule has 0 aliphatic heterocycles. The van der Waals surface area contributed by atoms with Gasteiger partial charge in [0.15, 0.2) is 0 Å². The molecule has 118 valence electrons. The van der Waals surface area contributed by atoms with Gasteiger partial charge in [-0.1, -0.05) is 30.3 Å². The van der Waals surface area contributed by atoms with Gasteiger partial charge in [0, 0.05) is 18.4 Å². The van der Waals surface area contributed by atoms with Crippen molar-refractivity contribution < 1.29 is 14.3 Å². The van der Waals surface area contributed by atoms with Gasteiger partial charge in [-0.3, -0.25) is 9.69 Å². The van der Waals surface area contributed by atoms with Gasteiger partial charge in [0.25, 0.3) is 0 Å². The smallest absolute Gasteiger partial charge is 0.410 e. The molecule has 4 bridgehead atoms. The summed E-state index contributed by atoms with van der Waals surface area (Å²) in [4.78, 5) is 27.3. The summed E-state index contributed by atoms with van der Waals surface area (Å²) in [5.74, 6) is 3.72. The third-order valence-electron chi connectivity index (χ3n) is 7.86. The normalized spacial score (nSPS) is 49.1. The molecule has 0 spiro atoms. The van der Waals surface area contributed by atoms with E-state index in [1.54, 1.807) is 0 Å². The molecule has 0 aromatic heterocycles. The van der Waals surface area contributed by atoms with E-state index >= 15 is 0 Å². The second-order valence-electron chi connectivity index (χ2n) is 8.03. The van der Waals surface area contributed by atoms with E-state index in [1.165, 1.54) is 13.5 Å². The van der Waals surface area contributed by atoms with Crippen molar-refractivity contribution in [3.63, 3.8) is 0 Å². The van der Waals surface area contributed by atoms with Crippen LogP contribution in [0.15, 0.2) is 30.3 Å². The molecule has 7 rings (SSSR count). The zero-order valence-corrected chi connectivity index (χ0v) is 13.0. The number of methoxy groups -OCH3 is 1. The van der Waals surface area contributed by atoms with Crippen LogP contribution in [-0.2, 0) is 16.1 Å². The van der Waals surface area contributed by atoms with Crippen LogP contribution in [0.1, 0.15) is 12.0 Å². The van der Waals surface area contributed by atoms with Crippen molar-refractivity contribution >= 4 is 11.9 Å². The highest BCUT2D eigenvalue weighted by Crippen LogP contribution is 2.90. The van der Waals surface area contributed by atoms with E-state index < -0.39 is 0 Å². The number of ether oxygens (including phenoxy) is 1. The van der Waals surface area contributed by atoms with E-state index in [1.807, 2.05) is 35.2 Å². The van der Waals surface area contributed by atoms with Crippen molar-refractivity contribution in [2.75, 3.05) is 7.11 Å². The van der Waals surface area contributed by atoms with Crippen molar-refractivity contribution in [1.82, 2.24) is 4.90 Å². The second-order valence-corrected chi connectivity index (χ2v) is 8.03. The van der Waals surface area contributed by atoms with Crippen LogP contribution in [-0.4, -0.2) is 29.4 Å². The zero-order valence-electron chi connectivity index (χ0n) is 13.0. The van der Waals surface area contributed by atoms with Gasteiger partial charge in [0.05, 0.1) is 12.6 Å². The van der Waals surface area contributed by atoms with E-state index in [2.05, 4.69) is 0 Å². The molecule has 1 aromatic rings. The second kappa shape index (κ2) is 3.63. The molecule has 0 radical (unpaired) electrons. The van der Waals surface area contributed by atoms with E-state index in [-0.39, 0.29) is 23.5 Å². The standard InChI is InChI=1S/C19H19NO3/c1-23-18(22)20(8-9-5-3-2-4-6-9)19-14-11-7-10-12(14)16(19)17(21)13(10)15(11)19/h2-6,10-16H,7-8H2,1H3/t10-,11-,12+,13-,14-,15+,16-,19-/m1/s1. The Bertz CT molecular complexity index is 746. The lowest BCUT2D eigenvalue weighted by Gasteiger charge is -2.74. The van der Waals surface area contributed by atoms with Gasteiger partial charge < -0.3 is 4.74 Å². The molecule has 0 saturated heterocycles. The zero-order chi connectivity index (χ0) is 15.5. The van der Waals surface area contributed by atoms with Crippen LogP contribution in [0.25, 0.3) is 0 Å². The highest BCUT2D eigenvalue weighted by Gasteiger charge is 2.95. The summed E-state index contributed by atoms with van der Waals surface area (Å²) in [7, 11) is 1.45. The number of amides is 1. The monoisotopic (exact) mass is 309 g/mol. The number of ketones is 1. The average Bonchev–Trinajstić information content (AvgIpc) is 3.09. The third kappa shape index (κ3) is 1.03. The van der Waals surface area contributed by atoms with Gasteiger partial charge in [-0.25, -0.2) is 4.79 Å². The molecule has 1 aromatic carbocycles. The van der Waals surface area contributed by atoms with Crippen molar-refractivity contribution in [1.29, 1.82) is 0 Å². The van der Waals surface area contributed by atoms with Gasteiger partial charge >= 0.3 is 6.09 Å². The summed E-state index contributed by atoms with van der Waals surface area (Å²) in [6, 6.07) is 10.1. The Labute approximate surface area is 134 Å². The van der Waals surface area contributed by atoms with Crippen LogP contribution in [0.4, 0.5) is 4.79 Å². The van der Waals surface area contributed by atoms with Crippen LogP contribution in [0.5, 0.6) is 0 Å². The number of hydrogen-bond acceptors (Lipinski definition) is 3. The lowest BCUT2D eigenvalue weighted by molar-refractivity contribution is -0.260. The minimum atomic E-state index is -0.264. The number of carbonyl (C=O) groups is 2. The fourth-order valence-corrected chi connectivity index (χ4v) is 7.68. The molecular formula is C19H19NO3.